The van der Waals surface area contributed by atoms with E-state index in [1.165, 1.54) is 6.42 Å². The molecule has 2 nitrogen and oxygen atoms in total. The first-order valence-electron chi connectivity index (χ1n) is 7.13. The summed E-state index contributed by atoms with van der Waals surface area (Å²) in [6, 6.07) is 7.42. The van der Waals surface area contributed by atoms with Gasteiger partial charge >= 0.3 is 0 Å². The van der Waals surface area contributed by atoms with E-state index in [2.05, 4.69) is 6.07 Å². The summed E-state index contributed by atoms with van der Waals surface area (Å²) in [5, 5.41) is 21.4. The number of rotatable bonds is 2. The molecule has 0 saturated heterocycles. The fraction of sp³-hybridized carbons (Fsp3) is 0.562. The Morgan fingerprint density at radius 1 is 1.10 bits per heavy atom. The normalized spacial score (nSPS) is 20.5. The third-order valence-corrected chi connectivity index (χ3v) is 4.82. The fourth-order valence-corrected chi connectivity index (χ4v) is 3.41. The van der Waals surface area contributed by atoms with Crippen molar-refractivity contribution in [1.29, 1.82) is 5.26 Å². The molecule has 1 aliphatic carbocycles. The van der Waals surface area contributed by atoms with Crippen LogP contribution in [0.5, 0.6) is 0 Å². The van der Waals surface area contributed by atoms with E-state index in [4.69, 9.17) is 23.2 Å². The third kappa shape index (κ3) is 3.28. The van der Waals surface area contributed by atoms with E-state index in [0.29, 0.717) is 28.5 Å². The van der Waals surface area contributed by atoms with Crippen LogP contribution in [0.3, 0.4) is 0 Å². The molecule has 0 aliphatic heterocycles. The standard InChI is InChI=1S/C16H19Cl2NO/c17-12-6-7-14(18)13(10-12)15(20)16(11-19)8-4-2-1-3-5-9-16/h6-7,10,15,20H,1-5,8-9H2. The van der Waals surface area contributed by atoms with Gasteiger partial charge in [0.2, 0.25) is 0 Å². The van der Waals surface area contributed by atoms with E-state index in [1.807, 2.05) is 0 Å². The molecule has 1 N–H and O–H groups in total. The van der Waals surface area contributed by atoms with Gasteiger partial charge in [-0.3, -0.25) is 0 Å². The molecule has 0 spiro atoms. The highest BCUT2D eigenvalue weighted by atomic mass is 35.5. The highest BCUT2D eigenvalue weighted by Crippen LogP contribution is 2.45. The van der Waals surface area contributed by atoms with Crippen molar-refractivity contribution in [2.75, 3.05) is 0 Å². The summed E-state index contributed by atoms with van der Waals surface area (Å²) in [5.74, 6) is 0. The van der Waals surface area contributed by atoms with Gasteiger partial charge in [-0.15, -0.1) is 0 Å². The Bertz CT molecular complexity index is 502. The minimum absolute atomic E-state index is 0.471. The smallest absolute Gasteiger partial charge is 0.0991 e. The average Bonchev–Trinajstić information content (AvgIpc) is 2.41. The van der Waals surface area contributed by atoms with E-state index in [-0.39, 0.29) is 0 Å². The van der Waals surface area contributed by atoms with Gasteiger partial charge in [0.05, 0.1) is 17.6 Å². The number of halogens is 2. The zero-order chi connectivity index (χ0) is 14.6. The Kier molecular flexibility index (Phi) is 5.32. The molecule has 1 atom stereocenters. The van der Waals surface area contributed by atoms with Crippen molar-refractivity contribution >= 4 is 23.2 Å². The van der Waals surface area contributed by atoms with Crippen LogP contribution in [0.25, 0.3) is 0 Å². The first-order valence-corrected chi connectivity index (χ1v) is 7.89. The van der Waals surface area contributed by atoms with Gasteiger partial charge in [0.15, 0.2) is 0 Å². The van der Waals surface area contributed by atoms with E-state index in [0.717, 1.165) is 25.7 Å². The van der Waals surface area contributed by atoms with Gasteiger partial charge in [-0.1, -0.05) is 55.3 Å². The molecule has 0 aromatic heterocycles. The molecule has 0 radical (unpaired) electrons. The highest BCUT2D eigenvalue weighted by molar-refractivity contribution is 6.33. The molecular weight excluding hydrogens is 293 g/mol. The summed E-state index contributed by atoms with van der Waals surface area (Å²) in [5.41, 5.74) is -0.171. The lowest BCUT2D eigenvalue weighted by molar-refractivity contribution is 0.0435. The number of hydrogen-bond acceptors (Lipinski definition) is 2. The van der Waals surface area contributed by atoms with Crippen LogP contribution in [0.15, 0.2) is 18.2 Å². The summed E-state index contributed by atoms with van der Waals surface area (Å²) >= 11 is 12.2. The van der Waals surface area contributed by atoms with E-state index < -0.39 is 11.5 Å². The van der Waals surface area contributed by atoms with Crippen LogP contribution in [0.1, 0.15) is 56.6 Å². The summed E-state index contributed by atoms with van der Waals surface area (Å²) in [4.78, 5) is 0. The summed E-state index contributed by atoms with van der Waals surface area (Å²) in [6.45, 7) is 0. The number of hydrogen-bond donors (Lipinski definition) is 1. The lowest BCUT2D eigenvalue weighted by atomic mass is 9.71. The molecule has 0 heterocycles. The molecule has 4 heteroatoms. The maximum atomic E-state index is 10.8. The molecule has 1 aromatic carbocycles. The zero-order valence-corrected chi connectivity index (χ0v) is 12.9. The van der Waals surface area contributed by atoms with Gasteiger partial charge in [0, 0.05) is 15.6 Å². The summed E-state index contributed by atoms with van der Waals surface area (Å²) in [7, 11) is 0. The van der Waals surface area contributed by atoms with Crippen molar-refractivity contribution in [3.63, 3.8) is 0 Å². The van der Waals surface area contributed by atoms with Crippen LogP contribution in [0.4, 0.5) is 0 Å². The molecular formula is C16H19Cl2NO. The molecule has 108 valence electrons. The Hall–Kier alpha value is -0.750. The molecule has 2 rings (SSSR count). The van der Waals surface area contributed by atoms with Gasteiger partial charge in [-0.2, -0.15) is 5.26 Å². The number of aliphatic hydroxyl groups is 1. The van der Waals surface area contributed by atoms with Crippen LogP contribution < -0.4 is 0 Å². The van der Waals surface area contributed by atoms with Crippen molar-refractivity contribution in [3.8, 4) is 6.07 Å². The largest absolute Gasteiger partial charge is 0.387 e. The zero-order valence-electron chi connectivity index (χ0n) is 11.4. The first-order chi connectivity index (χ1) is 9.59. The summed E-state index contributed by atoms with van der Waals surface area (Å²) in [6.07, 6.45) is 5.97. The first kappa shape index (κ1) is 15.6. The number of aliphatic hydroxyl groups excluding tert-OH is 1. The SMILES string of the molecule is N#CC1(C(O)c2cc(Cl)ccc2Cl)CCCCCCC1. The van der Waals surface area contributed by atoms with E-state index in [1.54, 1.807) is 18.2 Å². The monoisotopic (exact) mass is 311 g/mol. The fourth-order valence-electron chi connectivity index (χ4n) is 3.00. The average molecular weight is 312 g/mol. The molecule has 0 bridgehead atoms. The van der Waals surface area contributed by atoms with Crippen LogP contribution >= 0.6 is 23.2 Å². The van der Waals surface area contributed by atoms with E-state index in [9.17, 15) is 10.4 Å². The molecule has 1 aliphatic rings. The molecule has 20 heavy (non-hydrogen) atoms. The Labute approximate surface area is 130 Å². The maximum absolute atomic E-state index is 10.8. The van der Waals surface area contributed by atoms with Crippen LogP contribution in [-0.2, 0) is 0 Å². The van der Waals surface area contributed by atoms with Crippen molar-refractivity contribution in [2.24, 2.45) is 5.41 Å². The molecule has 1 unspecified atom stereocenters. The predicted octanol–water partition coefficient (Wildman–Crippen LogP) is 5.28. The van der Waals surface area contributed by atoms with Crippen LogP contribution in [-0.4, -0.2) is 5.11 Å². The van der Waals surface area contributed by atoms with Gasteiger partial charge in [-0.05, 0) is 31.0 Å². The van der Waals surface area contributed by atoms with Crippen LogP contribution in [0.2, 0.25) is 10.0 Å². The second-order valence-electron chi connectivity index (χ2n) is 5.60. The summed E-state index contributed by atoms with van der Waals surface area (Å²) < 4.78 is 0. The van der Waals surface area contributed by atoms with E-state index >= 15 is 0 Å². The Balaban J connectivity index is 2.33. The number of nitriles is 1. The molecule has 1 saturated carbocycles. The van der Waals surface area contributed by atoms with Gasteiger partial charge in [-0.25, -0.2) is 0 Å². The van der Waals surface area contributed by atoms with Crippen molar-refractivity contribution < 1.29 is 5.11 Å². The topological polar surface area (TPSA) is 44.0 Å². The Morgan fingerprint density at radius 2 is 1.70 bits per heavy atom. The molecule has 1 fully saturated rings. The predicted molar refractivity (Wildman–Crippen MR) is 81.8 cm³/mol. The van der Waals surface area contributed by atoms with Gasteiger partial charge < -0.3 is 5.11 Å². The number of nitrogens with zero attached hydrogens (tertiary/aromatic N) is 1. The second-order valence-corrected chi connectivity index (χ2v) is 6.45. The molecule has 1 aromatic rings. The Morgan fingerprint density at radius 3 is 2.30 bits per heavy atom. The highest BCUT2D eigenvalue weighted by Gasteiger charge is 2.39. The minimum Gasteiger partial charge on any atom is -0.387 e. The molecule has 0 amide bonds. The maximum Gasteiger partial charge on any atom is 0.0991 e. The third-order valence-electron chi connectivity index (χ3n) is 4.24. The van der Waals surface area contributed by atoms with Gasteiger partial charge in [0.1, 0.15) is 0 Å². The lowest BCUT2D eigenvalue weighted by Gasteiger charge is -2.34. The van der Waals surface area contributed by atoms with Crippen molar-refractivity contribution in [3.05, 3.63) is 33.8 Å². The van der Waals surface area contributed by atoms with Crippen molar-refractivity contribution in [2.45, 2.75) is 51.0 Å². The van der Waals surface area contributed by atoms with Gasteiger partial charge in [0.25, 0.3) is 0 Å². The lowest BCUT2D eigenvalue weighted by Crippen LogP contribution is -2.28. The minimum atomic E-state index is -0.878. The number of benzene rings is 1. The van der Waals surface area contributed by atoms with Crippen molar-refractivity contribution in [1.82, 2.24) is 0 Å². The second kappa shape index (κ2) is 6.80. The quantitative estimate of drug-likeness (QED) is 0.807. The van der Waals surface area contributed by atoms with Crippen LogP contribution in [0, 0.1) is 16.7 Å².